The van der Waals surface area contributed by atoms with Crippen molar-refractivity contribution in [1.82, 2.24) is 9.78 Å². The summed E-state index contributed by atoms with van der Waals surface area (Å²) in [5.41, 5.74) is -0.266. The maximum absolute atomic E-state index is 11.9. The fourth-order valence-corrected chi connectivity index (χ4v) is 1.69. The van der Waals surface area contributed by atoms with Crippen LogP contribution in [0.1, 0.15) is 17.4 Å². The summed E-state index contributed by atoms with van der Waals surface area (Å²) in [7, 11) is 1.45. The molecule has 0 saturated carbocycles. The second kappa shape index (κ2) is 5.01. The summed E-state index contributed by atoms with van der Waals surface area (Å²) in [6, 6.07) is 6.63. The van der Waals surface area contributed by atoms with Crippen LogP contribution in [0.25, 0.3) is 10.8 Å². The molecule has 0 aliphatic carbocycles. The lowest BCUT2D eigenvalue weighted by atomic mass is 10.1. The molecule has 0 amide bonds. The molecule has 2 rings (SSSR count). The van der Waals surface area contributed by atoms with Gasteiger partial charge in [0.2, 0.25) is 0 Å². The standard InChI is InChI=1S/C13H12N2O4/c1-8(16)7-19-13(18)11-9-5-3-4-6-10(9)12(17)15(2)14-11/h3-6H,7H2,1-2H3. The SMILES string of the molecule is CC(=O)COC(=O)c1nn(C)c(=O)c2ccccc12. The highest BCUT2D eigenvalue weighted by Crippen LogP contribution is 2.13. The molecule has 1 aromatic carbocycles. The Morgan fingerprint density at radius 3 is 2.53 bits per heavy atom. The molecule has 1 heterocycles. The molecule has 0 saturated heterocycles. The van der Waals surface area contributed by atoms with Gasteiger partial charge in [-0.15, -0.1) is 0 Å². The second-order valence-electron chi connectivity index (χ2n) is 4.10. The molecule has 6 nitrogen and oxygen atoms in total. The molecular weight excluding hydrogens is 248 g/mol. The van der Waals surface area contributed by atoms with Crippen LogP contribution in [-0.4, -0.2) is 28.1 Å². The number of ketones is 1. The third-order valence-electron chi connectivity index (χ3n) is 2.56. The Labute approximate surface area is 108 Å². The first-order chi connectivity index (χ1) is 9.00. The highest BCUT2D eigenvalue weighted by atomic mass is 16.5. The van der Waals surface area contributed by atoms with Crippen molar-refractivity contribution >= 4 is 22.5 Å². The van der Waals surface area contributed by atoms with Gasteiger partial charge in [-0.25, -0.2) is 9.48 Å². The van der Waals surface area contributed by atoms with Crippen LogP contribution < -0.4 is 5.56 Å². The number of esters is 1. The maximum Gasteiger partial charge on any atom is 0.359 e. The van der Waals surface area contributed by atoms with Crippen molar-refractivity contribution in [3.8, 4) is 0 Å². The predicted octanol–water partition coefficient (Wildman–Crippen LogP) is 0.679. The summed E-state index contributed by atoms with van der Waals surface area (Å²) < 4.78 is 5.90. The van der Waals surface area contributed by atoms with Crippen LogP contribution in [-0.2, 0) is 16.6 Å². The monoisotopic (exact) mass is 260 g/mol. The number of Topliss-reactive ketones (excluding diaryl/α,β-unsaturated/α-hetero) is 1. The zero-order valence-electron chi connectivity index (χ0n) is 10.5. The van der Waals surface area contributed by atoms with E-state index in [1.165, 1.54) is 14.0 Å². The Morgan fingerprint density at radius 2 is 1.89 bits per heavy atom. The van der Waals surface area contributed by atoms with E-state index in [0.29, 0.717) is 10.8 Å². The van der Waals surface area contributed by atoms with E-state index in [1.807, 2.05) is 0 Å². The van der Waals surface area contributed by atoms with Crippen LogP contribution >= 0.6 is 0 Å². The lowest BCUT2D eigenvalue weighted by Gasteiger charge is -2.07. The fraction of sp³-hybridized carbons (Fsp3) is 0.231. The molecule has 19 heavy (non-hydrogen) atoms. The Morgan fingerprint density at radius 1 is 1.26 bits per heavy atom. The van der Waals surface area contributed by atoms with Crippen LogP contribution in [0.5, 0.6) is 0 Å². The largest absolute Gasteiger partial charge is 0.453 e. The minimum atomic E-state index is -0.720. The average Bonchev–Trinajstić information content (AvgIpc) is 2.40. The Hall–Kier alpha value is -2.50. The number of aryl methyl sites for hydroxylation is 1. The van der Waals surface area contributed by atoms with Crippen molar-refractivity contribution in [3.05, 3.63) is 40.3 Å². The van der Waals surface area contributed by atoms with Gasteiger partial charge in [0.05, 0.1) is 5.39 Å². The quantitative estimate of drug-likeness (QED) is 0.758. The number of nitrogens with zero attached hydrogens (tertiary/aromatic N) is 2. The van der Waals surface area contributed by atoms with Gasteiger partial charge >= 0.3 is 5.97 Å². The maximum atomic E-state index is 11.9. The van der Waals surface area contributed by atoms with Crippen LogP contribution in [0.15, 0.2) is 29.1 Å². The number of fused-ring (bicyclic) bond motifs is 1. The van der Waals surface area contributed by atoms with Crippen LogP contribution in [0.3, 0.4) is 0 Å². The number of carbonyl (C=O) groups excluding carboxylic acids is 2. The molecule has 0 N–H and O–H groups in total. The number of hydrogen-bond acceptors (Lipinski definition) is 5. The van der Waals surface area contributed by atoms with Gasteiger partial charge in [0, 0.05) is 12.4 Å². The van der Waals surface area contributed by atoms with Gasteiger partial charge in [0.1, 0.15) is 6.61 Å². The third-order valence-corrected chi connectivity index (χ3v) is 2.56. The molecule has 0 bridgehead atoms. The van der Waals surface area contributed by atoms with E-state index in [4.69, 9.17) is 4.74 Å². The van der Waals surface area contributed by atoms with Gasteiger partial charge in [0.25, 0.3) is 5.56 Å². The molecule has 0 atom stereocenters. The molecule has 6 heteroatoms. The number of hydrogen-bond donors (Lipinski definition) is 0. The van der Waals surface area contributed by atoms with Crippen molar-refractivity contribution in [3.63, 3.8) is 0 Å². The van der Waals surface area contributed by atoms with Crippen molar-refractivity contribution in [1.29, 1.82) is 0 Å². The topological polar surface area (TPSA) is 78.3 Å². The summed E-state index contributed by atoms with van der Waals surface area (Å²) in [6.45, 7) is 1.01. The molecule has 0 aliphatic heterocycles. The van der Waals surface area contributed by atoms with Crippen LogP contribution in [0.4, 0.5) is 0 Å². The van der Waals surface area contributed by atoms with Gasteiger partial charge in [-0.3, -0.25) is 9.59 Å². The third kappa shape index (κ3) is 2.52. The molecule has 0 fully saturated rings. The Balaban J connectivity index is 2.54. The van der Waals surface area contributed by atoms with Crippen molar-refractivity contribution in [2.24, 2.45) is 7.05 Å². The molecule has 0 radical (unpaired) electrons. The first-order valence-corrected chi connectivity index (χ1v) is 5.63. The predicted molar refractivity (Wildman–Crippen MR) is 67.9 cm³/mol. The zero-order valence-corrected chi connectivity index (χ0v) is 10.5. The average molecular weight is 260 g/mol. The molecule has 1 aromatic heterocycles. The van der Waals surface area contributed by atoms with E-state index >= 15 is 0 Å². The van der Waals surface area contributed by atoms with E-state index in [0.717, 1.165) is 4.68 Å². The lowest BCUT2D eigenvalue weighted by Crippen LogP contribution is -2.24. The molecular formula is C13H12N2O4. The van der Waals surface area contributed by atoms with Crippen LogP contribution in [0.2, 0.25) is 0 Å². The summed E-state index contributed by atoms with van der Waals surface area (Å²) in [5.74, 6) is -0.982. The first-order valence-electron chi connectivity index (χ1n) is 5.63. The number of aromatic nitrogens is 2. The minimum absolute atomic E-state index is 0.0268. The second-order valence-corrected chi connectivity index (χ2v) is 4.10. The minimum Gasteiger partial charge on any atom is -0.453 e. The van der Waals surface area contributed by atoms with E-state index in [1.54, 1.807) is 24.3 Å². The number of ether oxygens (including phenoxy) is 1. The van der Waals surface area contributed by atoms with Gasteiger partial charge in [-0.2, -0.15) is 5.10 Å². The van der Waals surface area contributed by atoms with Crippen LogP contribution in [0, 0.1) is 0 Å². The molecule has 0 spiro atoms. The summed E-state index contributed by atoms with van der Waals surface area (Å²) in [6.07, 6.45) is 0. The fourth-order valence-electron chi connectivity index (χ4n) is 1.69. The van der Waals surface area contributed by atoms with E-state index in [2.05, 4.69) is 5.10 Å². The Bertz CT molecular complexity index is 718. The van der Waals surface area contributed by atoms with Crippen molar-refractivity contribution in [2.75, 3.05) is 6.61 Å². The van der Waals surface area contributed by atoms with Gasteiger partial charge < -0.3 is 4.74 Å². The molecule has 0 aliphatic rings. The van der Waals surface area contributed by atoms with E-state index in [-0.39, 0.29) is 23.6 Å². The molecule has 98 valence electrons. The van der Waals surface area contributed by atoms with E-state index < -0.39 is 5.97 Å². The molecule has 2 aromatic rings. The lowest BCUT2D eigenvalue weighted by molar-refractivity contribution is -0.120. The van der Waals surface area contributed by atoms with Gasteiger partial charge in [-0.1, -0.05) is 18.2 Å². The Kier molecular flexibility index (Phi) is 3.41. The highest BCUT2D eigenvalue weighted by Gasteiger charge is 2.17. The summed E-state index contributed by atoms with van der Waals surface area (Å²) >= 11 is 0. The van der Waals surface area contributed by atoms with E-state index in [9.17, 15) is 14.4 Å². The number of rotatable bonds is 3. The highest BCUT2D eigenvalue weighted by molar-refractivity contribution is 6.02. The number of benzene rings is 1. The smallest absolute Gasteiger partial charge is 0.359 e. The molecule has 0 unspecified atom stereocenters. The summed E-state index contributed by atoms with van der Waals surface area (Å²) in [5, 5.41) is 4.70. The zero-order chi connectivity index (χ0) is 14.0. The van der Waals surface area contributed by atoms with Gasteiger partial charge in [0.15, 0.2) is 11.5 Å². The summed E-state index contributed by atoms with van der Waals surface area (Å²) in [4.78, 5) is 34.5. The van der Waals surface area contributed by atoms with Crippen molar-refractivity contribution in [2.45, 2.75) is 6.92 Å². The first kappa shape index (κ1) is 12.9. The van der Waals surface area contributed by atoms with Gasteiger partial charge in [-0.05, 0) is 13.0 Å². The normalized spacial score (nSPS) is 10.4. The van der Waals surface area contributed by atoms with Crippen molar-refractivity contribution < 1.29 is 14.3 Å². The number of carbonyl (C=O) groups is 2.